The second-order valence-electron chi connectivity index (χ2n) is 3.12. The fourth-order valence-electron chi connectivity index (χ4n) is 0.874. The lowest BCUT2D eigenvalue weighted by Gasteiger charge is -2.15. The predicted octanol–water partition coefficient (Wildman–Crippen LogP) is -2.26. The van der Waals surface area contributed by atoms with Crippen molar-refractivity contribution in [2.75, 3.05) is 6.61 Å². The largest absolute Gasteiger partial charge is 0.481 e. The van der Waals surface area contributed by atoms with Crippen molar-refractivity contribution in [2.24, 2.45) is 5.73 Å². The minimum absolute atomic E-state index is 0.0983. The van der Waals surface area contributed by atoms with E-state index in [2.05, 4.69) is 0 Å². The van der Waals surface area contributed by atoms with Crippen LogP contribution in [0.2, 0.25) is 0 Å². The first kappa shape index (κ1) is 14.3. The van der Waals surface area contributed by atoms with Gasteiger partial charge in [-0.2, -0.15) is 0 Å². The molecule has 0 saturated carbocycles. The van der Waals surface area contributed by atoms with Crippen LogP contribution in [0.5, 0.6) is 0 Å². The topological polar surface area (TPSA) is 150 Å². The Hall–Kier alpha value is -1.67. The van der Waals surface area contributed by atoms with E-state index >= 15 is 0 Å². The smallest absolute Gasteiger partial charge is 0.328 e. The number of hydrogen-bond acceptors (Lipinski definition) is 5. The first-order chi connectivity index (χ1) is 7.38. The van der Waals surface area contributed by atoms with Gasteiger partial charge in [0.25, 0.3) is 0 Å². The molecule has 16 heavy (non-hydrogen) atoms. The average Bonchev–Trinajstić information content (AvgIpc) is 2.21. The van der Waals surface area contributed by atoms with Crippen molar-refractivity contribution in [1.29, 1.82) is 0 Å². The molecule has 0 rings (SSSR count). The van der Waals surface area contributed by atoms with E-state index in [1.54, 1.807) is 0 Å². The molecule has 6 N–H and O–H groups in total. The fourth-order valence-corrected chi connectivity index (χ4v) is 0.874. The summed E-state index contributed by atoms with van der Waals surface area (Å²) in [6, 6.07) is -2.53. The SMILES string of the molecule is N[C@@H](CCC(=O)O)C(=O)N[C@@H](CO)C(=O)O. The van der Waals surface area contributed by atoms with Crippen LogP contribution in [-0.4, -0.2) is 51.9 Å². The number of hydrogen-bond donors (Lipinski definition) is 5. The second-order valence-corrected chi connectivity index (χ2v) is 3.12. The Morgan fingerprint density at radius 3 is 2.19 bits per heavy atom. The van der Waals surface area contributed by atoms with Gasteiger partial charge in [-0.1, -0.05) is 0 Å². The highest BCUT2D eigenvalue weighted by Crippen LogP contribution is 1.95. The standard InChI is InChI=1S/C8H14N2O6/c9-4(1-2-6(12)13)7(14)10-5(3-11)8(15)16/h4-5,11H,1-3,9H2,(H,10,14)(H,12,13)(H,15,16)/t4-,5-/m0/s1. The molecule has 0 bridgehead atoms. The van der Waals surface area contributed by atoms with Gasteiger partial charge in [-0.3, -0.25) is 9.59 Å². The number of carbonyl (C=O) groups excluding carboxylic acids is 1. The molecule has 0 saturated heterocycles. The molecule has 0 radical (unpaired) electrons. The molecule has 0 unspecified atom stereocenters. The van der Waals surface area contributed by atoms with E-state index < -0.39 is 36.5 Å². The molecule has 1 amide bonds. The number of aliphatic hydroxyl groups excluding tert-OH is 1. The molecule has 8 nitrogen and oxygen atoms in total. The van der Waals surface area contributed by atoms with Crippen LogP contribution in [0.4, 0.5) is 0 Å². The number of carbonyl (C=O) groups is 3. The number of aliphatic carboxylic acids is 2. The van der Waals surface area contributed by atoms with Crippen LogP contribution in [0.1, 0.15) is 12.8 Å². The summed E-state index contributed by atoms with van der Waals surface area (Å²) in [4.78, 5) is 31.9. The van der Waals surface area contributed by atoms with Crippen LogP contribution in [0, 0.1) is 0 Å². The van der Waals surface area contributed by atoms with Crippen LogP contribution in [0.3, 0.4) is 0 Å². The van der Waals surface area contributed by atoms with E-state index in [9.17, 15) is 14.4 Å². The van der Waals surface area contributed by atoms with Gasteiger partial charge in [0.1, 0.15) is 6.04 Å². The number of carboxylic acids is 2. The third kappa shape index (κ3) is 5.27. The van der Waals surface area contributed by atoms with E-state index in [4.69, 9.17) is 21.1 Å². The predicted molar refractivity (Wildman–Crippen MR) is 51.5 cm³/mol. The number of amides is 1. The molecule has 0 aromatic rings. The summed E-state index contributed by atoms with van der Waals surface area (Å²) in [6.45, 7) is -0.757. The molecule has 2 atom stereocenters. The monoisotopic (exact) mass is 234 g/mol. The molecule has 0 aliphatic heterocycles. The quantitative estimate of drug-likeness (QED) is 0.333. The molecule has 92 valence electrons. The first-order valence-corrected chi connectivity index (χ1v) is 4.50. The molecule has 0 heterocycles. The summed E-state index contributed by atoms with van der Waals surface area (Å²) in [7, 11) is 0. The van der Waals surface area contributed by atoms with Crippen LogP contribution in [0.15, 0.2) is 0 Å². The highest BCUT2D eigenvalue weighted by Gasteiger charge is 2.22. The van der Waals surface area contributed by atoms with E-state index in [1.165, 1.54) is 0 Å². The van der Waals surface area contributed by atoms with Gasteiger partial charge in [-0.05, 0) is 6.42 Å². The Labute approximate surface area is 91.1 Å². The molecule has 0 aliphatic carbocycles. The highest BCUT2D eigenvalue weighted by molar-refractivity contribution is 5.87. The number of nitrogens with one attached hydrogen (secondary N) is 1. The van der Waals surface area contributed by atoms with Crippen molar-refractivity contribution in [3.8, 4) is 0 Å². The van der Waals surface area contributed by atoms with E-state index in [1.807, 2.05) is 5.32 Å². The summed E-state index contributed by atoms with van der Waals surface area (Å²) >= 11 is 0. The van der Waals surface area contributed by atoms with Gasteiger partial charge in [0.05, 0.1) is 12.6 Å². The van der Waals surface area contributed by atoms with Crippen molar-refractivity contribution in [1.82, 2.24) is 5.32 Å². The van der Waals surface area contributed by atoms with Gasteiger partial charge >= 0.3 is 11.9 Å². The average molecular weight is 234 g/mol. The number of rotatable bonds is 7. The van der Waals surface area contributed by atoms with Crippen LogP contribution < -0.4 is 11.1 Å². The molecule has 0 fully saturated rings. The second kappa shape index (κ2) is 6.75. The zero-order chi connectivity index (χ0) is 12.7. The van der Waals surface area contributed by atoms with Crippen molar-refractivity contribution in [2.45, 2.75) is 24.9 Å². The number of nitrogens with two attached hydrogens (primary N) is 1. The maximum atomic E-state index is 11.2. The van der Waals surface area contributed by atoms with Crippen LogP contribution in [0.25, 0.3) is 0 Å². The van der Waals surface area contributed by atoms with Gasteiger partial charge in [0.2, 0.25) is 5.91 Å². The zero-order valence-corrected chi connectivity index (χ0v) is 8.42. The van der Waals surface area contributed by atoms with Gasteiger partial charge in [0, 0.05) is 6.42 Å². The van der Waals surface area contributed by atoms with Crippen molar-refractivity contribution >= 4 is 17.8 Å². The van der Waals surface area contributed by atoms with Gasteiger partial charge in [0.15, 0.2) is 0 Å². The van der Waals surface area contributed by atoms with Crippen molar-refractivity contribution in [3.05, 3.63) is 0 Å². The third-order valence-corrected chi connectivity index (χ3v) is 1.80. The van der Waals surface area contributed by atoms with Gasteiger partial charge in [-0.25, -0.2) is 4.79 Å². The Morgan fingerprint density at radius 1 is 1.25 bits per heavy atom. The third-order valence-electron chi connectivity index (χ3n) is 1.80. The molecule has 0 aromatic carbocycles. The van der Waals surface area contributed by atoms with Crippen molar-refractivity contribution in [3.63, 3.8) is 0 Å². The number of carboxylic acid groups (broad SMARTS) is 2. The van der Waals surface area contributed by atoms with E-state index in [-0.39, 0.29) is 12.8 Å². The molecule has 8 heteroatoms. The van der Waals surface area contributed by atoms with Gasteiger partial charge < -0.3 is 26.4 Å². The van der Waals surface area contributed by atoms with Crippen LogP contribution >= 0.6 is 0 Å². The van der Waals surface area contributed by atoms with Crippen molar-refractivity contribution < 1.29 is 29.7 Å². The normalized spacial score (nSPS) is 13.9. The molecule has 0 aromatic heterocycles. The molecular weight excluding hydrogens is 220 g/mol. The van der Waals surface area contributed by atoms with E-state index in [0.717, 1.165) is 0 Å². The van der Waals surface area contributed by atoms with Crippen LogP contribution in [-0.2, 0) is 14.4 Å². The Balaban J connectivity index is 4.13. The van der Waals surface area contributed by atoms with E-state index in [0.29, 0.717) is 0 Å². The first-order valence-electron chi connectivity index (χ1n) is 4.50. The lowest BCUT2D eigenvalue weighted by atomic mass is 10.1. The minimum atomic E-state index is -1.43. The minimum Gasteiger partial charge on any atom is -0.481 e. The highest BCUT2D eigenvalue weighted by atomic mass is 16.4. The Kier molecular flexibility index (Phi) is 6.04. The maximum absolute atomic E-state index is 11.2. The maximum Gasteiger partial charge on any atom is 0.328 e. The molecular formula is C8H14N2O6. The van der Waals surface area contributed by atoms with Gasteiger partial charge in [-0.15, -0.1) is 0 Å². The Morgan fingerprint density at radius 2 is 1.81 bits per heavy atom. The lowest BCUT2D eigenvalue weighted by molar-refractivity contribution is -0.143. The molecule has 0 spiro atoms. The summed E-state index contributed by atoms with van der Waals surface area (Å²) in [6.07, 6.45) is -0.385. The zero-order valence-electron chi connectivity index (χ0n) is 8.42. The lowest BCUT2D eigenvalue weighted by Crippen LogP contribution is -2.50. The molecule has 0 aliphatic rings. The number of aliphatic hydroxyl groups is 1. The summed E-state index contributed by atoms with van der Waals surface area (Å²) in [5.74, 6) is -3.29. The fraction of sp³-hybridized carbons (Fsp3) is 0.625. The summed E-state index contributed by atoms with van der Waals surface area (Å²) in [5, 5.41) is 27.4. The summed E-state index contributed by atoms with van der Waals surface area (Å²) in [5.41, 5.74) is 5.32. The summed E-state index contributed by atoms with van der Waals surface area (Å²) < 4.78 is 0. The Bertz CT molecular complexity index is 280.